The molecule has 0 aliphatic heterocycles. The first-order valence-electron chi connectivity index (χ1n) is 7.39. The molecule has 2 rings (SSSR count). The number of nitrogens with one attached hydrogen (secondary N) is 1. The molecule has 1 atom stereocenters. The molecular formula is C16H23FN2O. The molecule has 1 aliphatic carbocycles. The number of halogens is 1. The summed E-state index contributed by atoms with van der Waals surface area (Å²) in [5.74, 6) is -0.277. The number of hydrogen-bond donors (Lipinski definition) is 2. The van der Waals surface area contributed by atoms with Gasteiger partial charge in [-0.2, -0.15) is 0 Å². The van der Waals surface area contributed by atoms with Crippen LogP contribution < -0.4 is 11.1 Å². The van der Waals surface area contributed by atoms with E-state index in [0.717, 1.165) is 0 Å². The maximum Gasteiger partial charge on any atom is 0.248 e. The van der Waals surface area contributed by atoms with Gasteiger partial charge in [-0.05, 0) is 37.8 Å². The Morgan fingerprint density at radius 1 is 1.40 bits per heavy atom. The van der Waals surface area contributed by atoms with E-state index in [2.05, 4.69) is 12.2 Å². The molecule has 1 saturated carbocycles. The summed E-state index contributed by atoms with van der Waals surface area (Å²) in [4.78, 5) is 11.0. The van der Waals surface area contributed by atoms with Crippen LogP contribution in [0.25, 0.3) is 0 Å². The van der Waals surface area contributed by atoms with Crippen molar-refractivity contribution >= 4 is 5.91 Å². The van der Waals surface area contributed by atoms with Crippen LogP contribution in [0.4, 0.5) is 4.39 Å². The molecule has 0 bridgehead atoms. The van der Waals surface area contributed by atoms with Gasteiger partial charge in [-0.1, -0.05) is 25.3 Å². The van der Waals surface area contributed by atoms with Crippen molar-refractivity contribution in [3.8, 4) is 0 Å². The van der Waals surface area contributed by atoms with E-state index in [1.165, 1.54) is 38.2 Å². The molecule has 3 nitrogen and oxygen atoms in total. The third-order valence-electron chi connectivity index (χ3n) is 4.31. The van der Waals surface area contributed by atoms with Gasteiger partial charge in [-0.3, -0.25) is 4.79 Å². The van der Waals surface area contributed by atoms with Gasteiger partial charge in [0, 0.05) is 23.7 Å². The largest absolute Gasteiger partial charge is 0.366 e. The molecule has 0 heterocycles. The van der Waals surface area contributed by atoms with E-state index in [1.54, 1.807) is 12.1 Å². The highest BCUT2D eigenvalue weighted by molar-refractivity contribution is 5.92. The Morgan fingerprint density at radius 2 is 2.10 bits per heavy atom. The van der Waals surface area contributed by atoms with Crippen LogP contribution in [0.5, 0.6) is 0 Å². The second kappa shape index (κ2) is 6.84. The van der Waals surface area contributed by atoms with Crippen molar-refractivity contribution in [2.45, 2.75) is 51.6 Å². The van der Waals surface area contributed by atoms with Gasteiger partial charge in [0.2, 0.25) is 5.91 Å². The molecule has 110 valence electrons. The highest BCUT2D eigenvalue weighted by atomic mass is 19.1. The van der Waals surface area contributed by atoms with Crippen LogP contribution in [0.1, 0.15) is 54.9 Å². The van der Waals surface area contributed by atoms with Gasteiger partial charge in [0.15, 0.2) is 0 Å². The molecule has 3 N–H and O–H groups in total. The minimum absolute atomic E-state index is 0.214. The van der Waals surface area contributed by atoms with Crippen molar-refractivity contribution < 1.29 is 9.18 Å². The Kier molecular flexibility index (Phi) is 5.12. The molecule has 0 unspecified atom stereocenters. The molecule has 1 aromatic rings. The summed E-state index contributed by atoms with van der Waals surface area (Å²) in [5.41, 5.74) is 5.93. The third kappa shape index (κ3) is 3.79. The quantitative estimate of drug-likeness (QED) is 0.870. The minimum Gasteiger partial charge on any atom is -0.366 e. The summed E-state index contributed by atoms with van der Waals surface area (Å²) >= 11 is 0. The average molecular weight is 278 g/mol. The van der Waals surface area contributed by atoms with Crippen molar-refractivity contribution in [3.63, 3.8) is 0 Å². The summed E-state index contributed by atoms with van der Waals surface area (Å²) in [6.45, 7) is 2.66. The van der Waals surface area contributed by atoms with Crippen molar-refractivity contribution in [1.29, 1.82) is 0 Å². The normalized spacial score (nSPS) is 17.9. The SMILES string of the molecule is C[C@H](NCc1ccc(C(N)=O)cc1F)C1CCCCC1. The molecule has 20 heavy (non-hydrogen) atoms. The van der Waals surface area contributed by atoms with Crippen LogP contribution in [0, 0.1) is 11.7 Å². The zero-order valence-corrected chi connectivity index (χ0v) is 12.0. The van der Waals surface area contributed by atoms with E-state index in [-0.39, 0.29) is 11.4 Å². The number of hydrogen-bond acceptors (Lipinski definition) is 2. The average Bonchev–Trinajstić information content (AvgIpc) is 2.46. The van der Waals surface area contributed by atoms with Gasteiger partial charge in [0.25, 0.3) is 0 Å². The van der Waals surface area contributed by atoms with Gasteiger partial charge < -0.3 is 11.1 Å². The van der Waals surface area contributed by atoms with Crippen LogP contribution in [-0.4, -0.2) is 11.9 Å². The minimum atomic E-state index is -0.598. The van der Waals surface area contributed by atoms with Gasteiger partial charge in [0.1, 0.15) is 5.82 Å². The van der Waals surface area contributed by atoms with Crippen LogP contribution in [-0.2, 0) is 6.54 Å². The summed E-state index contributed by atoms with van der Waals surface area (Å²) in [6.07, 6.45) is 6.47. The number of rotatable bonds is 5. The summed E-state index contributed by atoms with van der Waals surface area (Å²) in [5, 5.41) is 3.40. The number of benzene rings is 1. The second-order valence-electron chi connectivity index (χ2n) is 5.74. The van der Waals surface area contributed by atoms with Gasteiger partial charge in [-0.15, -0.1) is 0 Å². The summed E-state index contributed by atoms with van der Waals surface area (Å²) < 4.78 is 13.9. The van der Waals surface area contributed by atoms with E-state index >= 15 is 0 Å². The maximum atomic E-state index is 13.9. The first-order chi connectivity index (χ1) is 9.58. The lowest BCUT2D eigenvalue weighted by Crippen LogP contribution is -2.34. The third-order valence-corrected chi connectivity index (χ3v) is 4.31. The molecule has 0 radical (unpaired) electrons. The Labute approximate surface area is 119 Å². The zero-order valence-electron chi connectivity index (χ0n) is 12.0. The van der Waals surface area contributed by atoms with Crippen molar-refractivity contribution in [2.24, 2.45) is 11.7 Å². The van der Waals surface area contributed by atoms with Gasteiger partial charge in [-0.25, -0.2) is 4.39 Å². The van der Waals surface area contributed by atoms with E-state index < -0.39 is 5.91 Å². The first-order valence-corrected chi connectivity index (χ1v) is 7.39. The fourth-order valence-electron chi connectivity index (χ4n) is 2.92. The topological polar surface area (TPSA) is 55.1 Å². The monoisotopic (exact) mass is 278 g/mol. The highest BCUT2D eigenvalue weighted by Gasteiger charge is 2.19. The second-order valence-corrected chi connectivity index (χ2v) is 5.74. The fourth-order valence-corrected chi connectivity index (χ4v) is 2.92. The zero-order chi connectivity index (χ0) is 14.5. The Hall–Kier alpha value is -1.42. The van der Waals surface area contributed by atoms with Crippen LogP contribution in [0.15, 0.2) is 18.2 Å². The molecule has 1 aliphatic rings. The lowest BCUT2D eigenvalue weighted by molar-refractivity contribution is 0.1000. The molecule has 4 heteroatoms. The Balaban J connectivity index is 1.91. The highest BCUT2D eigenvalue weighted by Crippen LogP contribution is 2.26. The summed E-state index contributed by atoms with van der Waals surface area (Å²) in [7, 11) is 0. The van der Waals surface area contributed by atoms with E-state index in [1.807, 2.05) is 0 Å². The number of amides is 1. The van der Waals surface area contributed by atoms with Crippen LogP contribution in [0.3, 0.4) is 0 Å². The van der Waals surface area contributed by atoms with Gasteiger partial charge in [0.05, 0.1) is 0 Å². The fraction of sp³-hybridized carbons (Fsp3) is 0.562. The van der Waals surface area contributed by atoms with Crippen LogP contribution >= 0.6 is 0 Å². The lowest BCUT2D eigenvalue weighted by Gasteiger charge is -2.28. The van der Waals surface area contributed by atoms with Crippen molar-refractivity contribution in [2.75, 3.05) is 0 Å². The molecular weight excluding hydrogens is 255 g/mol. The number of carbonyl (C=O) groups excluding carboxylic acids is 1. The molecule has 0 aromatic heterocycles. The smallest absolute Gasteiger partial charge is 0.248 e. The maximum absolute atomic E-state index is 13.9. The first kappa shape index (κ1) is 15.0. The number of nitrogens with two attached hydrogens (primary N) is 1. The molecule has 1 fully saturated rings. The number of primary amides is 1. The van der Waals surface area contributed by atoms with Crippen molar-refractivity contribution in [1.82, 2.24) is 5.32 Å². The van der Waals surface area contributed by atoms with E-state index in [4.69, 9.17) is 5.73 Å². The lowest BCUT2D eigenvalue weighted by atomic mass is 9.84. The van der Waals surface area contributed by atoms with Gasteiger partial charge >= 0.3 is 0 Å². The Morgan fingerprint density at radius 3 is 2.70 bits per heavy atom. The number of carbonyl (C=O) groups is 1. The summed E-state index contributed by atoms with van der Waals surface area (Å²) in [6, 6.07) is 4.82. The predicted molar refractivity (Wildman–Crippen MR) is 77.8 cm³/mol. The molecule has 1 aromatic carbocycles. The Bertz CT molecular complexity index is 470. The van der Waals surface area contributed by atoms with Crippen LogP contribution in [0.2, 0.25) is 0 Å². The van der Waals surface area contributed by atoms with E-state index in [0.29, 0.717) is 24.1 Å². The predicted octanol–water partition coefficient (Wildman–Crippen LogP) is 2.98. The molecule has 1 amide bonds. The van der Waals surface area contributed by atoms with Crippen molar-refractivity contribution in [3.05, 3.63) is 35.1 Å². The molecule has 0 spiro atoms. The standard InChI is InChI=1S/C16H23FN2O/c1-11(12-5-3-2-4-6-12)19-10-14-8-7-13(16(18)20)9-15(14)17/h7-9,11-12,19H,2-6,10H2,1H3,(H2,18,20)/t11-/m0/s1. The molecule has 0 saturated heterocycles. The van der Waals surface area contributed by atoms with E-state index in [9.17, 15) is 9.18 Å².